The normalized spacial score (nSPS) is 10.6. The Morgan fingerprint density at radius 1 is 1.04 bits per heavy atom. The molecule has 0 spiro atoms. The summed E-state index contributed by atoms with van der Waals surface area (Å²) >= 11 is 3.33. The Labute approximate surface area is 169 Å². The van der Waals surface area contributed by atoms with Gasteiger partial charge >= 0.3 is 17.6 Å². The summed E-state index contributed by atoms with van der Waals surface area (Å²) in [5, 5.41) is 0.589. The summed E-state index contributed by atoms with van der Waals surface area (Å²) in [5.74, 6) is -1.08. The quantitative estimate of drug-likeness (QED) is 0.236. The number of esters is 2. The molecule has 0 fully saturated rings. The maximum Gasteiger partial charge on any atom is 0.351 e. The SMILES string of the molecule is CCCCOC(=O)c1ccc(OC(=O)c2cc3cc(Br)ccc3oc2=O)cc1. The van der Waals surface area contributed by atoms with Gasteiger partial charge in [0, 0.05) is 9.86 Å². The Bertz CT molecular complexity index is 1070. The van der Waals surface area contributed by atoms with Crippen LogP contribution in [0, 0.1) is 0 Å². The lowest BCUT2D eigenvalue weighted by Gasteiger charge is -2.06. The first-order valence-corrected chi connectivity index (χ1v) is 9.50. The number of fused-ring (bicyclic) bond motifs is 1. The molecule has 0 aliphatic heterocycles. The minimum absolute atomic E-state index is 0.198. The van der Waals surface area contributed by atoms with E-state index < -0.39 is 17.6 Å². The number of benzene rings is 2. The maximum absolute atomic E-state index is 12.4. The van der Waals surface area contributed by atoms with Crippen LogP contribution >= 0.6 is 15.9 Å². The molecular weight excluding hydrogens is 428 g/mol. The Hall–Kier alpha value is -2.93. The highest BCUT2D eigenvalue weighted by Gasteiger charge is 2.17. The first-order valence-electron chi connectivity index (χ1n) is 8.70. The molecule has 0 aliphatic carbocycles. The van der Waals surface area contributed by atoms with E-state index in [1.807, 2.05) is 6.92 Å². The zero-order valence-corrected chi connectivity index (χ0v) is 16.7. The first-order chi connectivity index (χ1) is 13.5. The lowest BCUT2D eigenvalue weighted by molar-refractivity contribution is 0.0499. The van der Waals surface area contributed by atoms with Crippen LogP contribution in [-0.4, -0.2) is 18.5 Å². The summed E-state index contributed by atoms with van der Waals surface area (Å²) in [7, 11) is 0. The molecule has 7 heteroatoms. The molecule has 0 atom stereocenters. The molecule has 1 heterocycles. The fraction of sp³-hybridized carbons (Fsp3) is 0.190. The molecule has 0 unspecified atom stereocenters. The van der Waals surface area contributed by atoms with Crippen molar-refractivity contribution in [3.8, 4) is 5.75 Å². The second kappa shape index (κ2) is 8.84. The van der Waals surface area contributed by atoms with Crippen molar-refractivity contribution < 1.29 is 23.5 Å². The molecular formula is C21H17BrO6. The average Bonchev–Trinajstić information content (AvgIpc) is 2.68. The van der Waals surface area contributed by atoms with Crippen LogP contribution in [0.15, 0.2) is 62.2 Å². The second-order valence-electron chi connectivity index (χ2n) is 6.03. The van der Waals surface area contributed by atoms with Crippen LogP contribution in [-0.2, 0) is 4.74 Å². The standard InChI is InChI=1S/C21H17BrO6/c1-2-3-10-26-19(23)13-4-7-16(8-5-13)27-20(24)17-12-14-11-15(22)6-9-18(14)28-21(17)25/h4-9,11-12H,2-3,10H2,1H3. The van der Waals surface area contributed by atoms with E-state index in [9.17, 15) is 14.4 Å². The highest BCUT2D eigenvalue weighted by molar-refractivity contribution is 9.10. The van der Waals surface area contributed by atoms with Gasteiger partial charge in [-0.25, -0.2) is 14.4 Å². The predicted octanol–water partition coefficient (Wildman–Crippen LogP) is 4.73. The number of halogens is 1. The van der Waals surface area contributed by atoms with Crippen molar-refractivity contribution >= 4 is 38.8 Å². The Kier molecular flexibility index (Phi) is 6.26. The molecule has 0 amide bonds. The molecule has 0 aliphatic rings. The summed E-state index contributed by atoms with van der Waals surface area (Å²) in [6, 6.07) is 12.4. The van der Waals surface area contributed by atoms with Crippen molar-refractivity contribution in [2.75, 3.05) is 6.61 Å². The first kappa shape index (κ1) is 19.8. The van der Waals surface area contributed by atoms with Crippen LogP contribution in [0.4, 0.5) is 0 Å². The molecule has 0 saturated heterocycles. The highest BCUT2D eigenvalue weighted by atomic mass is 79.9. The van der Waals surface area contributed by atoms with Crippen molar-refractivity contribution in [3.63, 3.8) is 0 Å². The molecule has 2 aromatic carbocycles. The molecule has 0 N–H and O–H groups in total. The van der Waals surface area contributed by atoms with Crippen molar-refractivity contribution in [2.24, 2.45) is 0 Å². The van der Waals surface area contributed by atoms with Crippen molar-refractivity contribution in [3.05, 3.63) is 74.6 Å². The van der Waals surface area contributed by atoms with Crippen LogP contribution < -0.4 is 10.4 Å². The lowest BCUT2D eigenvalue weighted by atomic mass is 10.2. The number of ether oxygens (including phenoxy) is 2. The third kappa shape index (κ3) is 4.67. The Balaban J connectivity index is 1.74. The van der Waals surface area contributed by atoms with Gasteiger partial charge in [0.05, 0.1) is 12.2 Å². The van der Waals surface area contributed by atoms with E-state index in [1.165, 1.54) is 30.3 Å². The molecule has 3 rings (SSSR count). The van der Waals surface area contributed by atoms with Gasteiger partial charge in [-0.3, -0.25) is 0 Å². The minimum atomic E-state index is -0.839. The molecule has 28 heavy (non-hydrogen) atoms. The maximum atomic E-state index is 12.4. The van der Waals surface area contributed by atoms with Gasteiger partial charge in [-0.2, -0.15) is 0 Å². The van der Waals surface area contributed by atoms with Crippen LogP contribution in [0.25, 0.3) is 11.0 Å². The smallest absolute Gasteiger partial charge is 0.351 e. The monoisotopic (exact) mass is 444 g/mol. The van der Waals surface area contributed by atoms with E-state index in [1.54, 1.807) is 18.2 Å². The van der Waals surface area contributed by atoms with Gasteiger partial charge in [-0.1, -0.05) is 29.3 Å². The van der Waals surface area contributed by atoms with E-state index >= 15 is 0 Å². The molecule has 144 valence electrons. The summed E-state index contributed by atoms with van der Waals surface area (Å²) in [6.07, 6.45) is 1.73. The van der Waals surface area contributed by atoms with E-state index in [4.69, 9.17) is 13.9 Å². The Morgan fingerprint density at radius 2 is 1.79 bits per heavy atom. The van der Waals surface area contributed by atoms with E-state index in [0.29, 0.717) is 23.1 Å². The third-order valence-electron chi connectivity index (χ3n) is 3.95. The van der Waals surface area contributed by atoms with Gasteiger partial charge in [0.2, 0.25) is 0 Å². The zero-order chi connectivity index (χ0) is 20.1. The van der Waals surface area contributed by atoms with E-state index in [2.05, 4.69) is 15.9 Å². The number of unbranched alkanes of at least 4 members (excludes halogenated alkanes) is 1. The van der Waals surface area contributed by atoms with Crippen LogP contribution in [0.2, 0.25) is 0 Å². The number of rotatable bonds is 6. The number of hydrogen-bond donors (Lipinski definition) is 0. The van der Waals surface area contributed by atoms with E-state index in [0.717, 1.165) is 17.3 Å². The summed E-state index contributed by atoms with van der Waals surface area (Å²) in [4.78, 5) is 36.3. The van der Waals surface area contributed by atoms with Crippen molar-refractivity contribution in [2.45, 2.75) is 19.8 Å². The van der Waals surface area contributed by atoms with Gasteiger partial charge in [-0.05, 0) is 55.0 Å². The topological polar surface area (TPSA) is 82.8 Å². The Morgan fingerprint density at radius 3 is 2.50 bits per heavy atom. The molecule has 0 radical (unpaired) electrons. The number of hydrogen-bond acceptors (Lipinski definition) is 6. The van der Waals surface area contributed by atoms with Gasteiger partial charge in [-0.15, -0.1) is 0 Å². The zero-order valence-electron chi connectivity index (χ0n) is 15.1. The van der Waals surface area contributed by atoms with Gasteiger partial charge < -0.3 is 13.9 Å². The molecule has 0 bridgehead atoms. The summed E-state index contributed by atoms with van der Waals surface area (Å²) < 4.78 is 16.3. The largest absolute Gasteiger partial charge is 0.462 e. The van der Waals surface area contributed by atoms with Gasteiger partial charge in [0.1, 0.15) is 16.9 Å². The fourth-order valence-corrected chi connectivity index (χ4v) is 2.83. The van der Waals surface area contributed by atoms with Gasteiger partial charge in [0.25, 0.3) is 0 Å². The number of carbonyl (C=O) groups is 2. The summed E-state index contributed by atoms with van der Waals surface area (Å²) in [6.45, 7) is 2.37. The number of carbonyl (C=O) groups excluding carboxylic acids is 2. The van der Waals surface area contributed by atoms with Crippen LogP contribution in [0.3, 0.4) is 0 Å². The molecule has 1 aromatic heterocycles. The van der Waals surface area contributed by atoms with E-state index in [-0.39, 0.29) is 11.3 Å². The molecule has 3 aromatic rings. The molecule has 6 nitrogen and oxygen atoms in total. The summed E-state index contributed by atoms with van der Waals surface area (Å²) in [5.41, 5.74) is -0.272. The van der Waals surface area contributed by atoms with Crippen LogP contribution in [0.5, 0.6) is 5.75 Å². The minimum Gasteiger partial charge on any atom is -0.462 e. The van der Waals surface area contributed by atoms with Gasteiger partial charge in [0.15, 0.2) is 0 Å². The van der Waals surface area contributed by atoms with Crippen LogP contribution in [0.1, 0.15) is 40.5 Å². The fourth-order valence-electron chi connectivity index (χ4n) is 2.45. The average molecular weight is 445 g/mol. The van der Waals surface area contributed by atoms with Crippen molar-refractivity contribution in [1.82, 2.24) is 0 Å². The molecule has 0 saturated carbocycles. The third-order valence-corrected chi connectivity index (χ3v) is 4.44. The predicted molar refractivity (Wildman–Crippen MR) is 107 cm³/mol. The highest BCUT2D eigenvalue weighted by Crippen LogP contribution is 2.20. The lowest BCUT2D eigenvalue weighted by Crippen LogP contribution is -2.18. The second-order valence-corrected chi connectivity index (χ2v) is 6.95. The van der Waals surface area contributed by atoms with Crippen molar-refractivity contribution in [1.29, 1.82) is 0 Å².